The van der Waals surface area contributed by atoms with Gasteiger partial charge in [0.05, 0.1) is 44.2 Å². The zero-order chi connectivity index (χ0) is 23.6. The van der Waals surface area contributed by atoms with Gasteiger partial charge in [0.1, 0.15) is 36.6 Å². The van der Waals surface area contributed by atoms with Crippen LogP contribution in [0, 0.1) is 0 Å². The van der Waals surface area contributed by atoms with Crippen molar-refractivity contribution in [2.24, 2.45) is 0 Å². The second-order valence-electron chi connectivity index (χ2n) is 8.18. The van der Waals surface area contributed by atoms with Gasteiger partial charge >= 0.3 is 0 Å². The Morgan fingerprint density at radius 1 is 0.656 bits per heavy atom. The summed E-state index contributed by atoms with van der Waals surface area (Å²) in [5.41, 5.74) is 0. The molecule has 0 aromatic heterocycles. The van der Waals surface area contributed by atoms with E-state index in [0.29, 0.717) is 0 Å². The van der Waals surface area contributed by atoms with Crippen molar-refractivity contribution in [2.45, 2.75) is 92.8 Å². The Bertz CT molecular complexity index is 580. The summed E-state index contributed by atoms with van der Waals surface area (Å²) in [6, 6.07) is 0. The molecule has 32 heavy (non-hydrogen) atoms. The lowest BCUT2D eigenvalue weighted by molar-refractivity contribution is -0.335. The van der Waals surface area contributed by atoms with Crippen LogP contribution in [0.15, 0.2) is 0 Å². The van der Waals surface area contributed by atoms with Crippen molar-refractivity contribution >= 4 is 0 Å². The molecule has 188 valence electrons. The highest BCUT2D eigenvalue weighted by atomic mass is 16.7. The third kappa shape index (κ3) is 5.73. The molecule has 14 nitrogen and oxygen atoms in total. The van der Waals surface area contributed by atoms with E-state index >= 15 is 0 Å². The molecular formula is C18H32O14. The van der Waals surface area contributed by atoms with Gasteiger partial charge in [-0.05, 0) is 0 Å². The number of hydrogen-bond donors (Lipinski definition) is 9. The van der Waals surface area contributed by atoms with Crippen LogP contribution >= 0.6 is 0 Å². The third-order valence-corrected chi connectivity index (χ3v) is 5.81. The predicted octanol–water partition coefficient (Wildman–Crippen LogP) is -5.51. The normalized spacial score (nSPS) is 50.3. The van der Waals surface area contributed by atoms with E-state index in [2.05, 4.69) is 0 Å². The van der Waals surface area contributed by atoms with Crippen molar-refractivity contribution in [1.82, 2.24) is 0 Å². The van der Waals surface area contributed by atoms with Gasteiger partial charge in [-0.2, -0.15) is 0 Å². The number of hydrogen-bond acceptors (Lipinski definition) is 14. The quantitative estimate of drug-likeness (QED) is 0.168. The zero-order valence-corrected chi connectivity index (χ0v) is 17.1. The molecule has 3 aliphatic rings. The molecule has 0 radical (unpaired) electrons. The van der Waals surface area contributed by atoms with Crippen LogP contribution in [0.4, 0.5) is 0 Å². The molecule has 13 atom stereocenters. The average Bonchev–Trinajstić information content (AvgIpc) is 2.77. The van der Waals surface area contributed by atoms with Gasteiger partial charge in [0.25, 0.3) is 0 Å². The first-order valence-corrected chi connectivity index (χ1v) is 10.4. The van der Waals surface area contributed by atoms with Gasteiger partial charge in [-0.25, -0.2) is 0 Å². The van der Waals surface area contributed by atoms with Gasteiger partial charge in [0, 0.05) is 12.8 Å². The molecule has 0 bridgehead atoms. The number of ether oxygens (including phenoxy) is 5. The molecule has 0 aliphatic carbocycles. The van der Waals surface area contributed by atoms with Crippen LogP contribution < -0.4 is 0 Å². The van der Waals surface area contributed by atoms with Gasteiger partial charge < -0.3 is 69.6 Å². The maximum atomic E-state index is 10.2. The summed E-state index contributed by atoms with van der Waals surface area (Å²) in [6.45, 7) is -1.35. The third-order valence-electron chi connectivity index (χ3n) is 5.81. The Hall–Kier alpha value is -0.560. The topological polar surface area (TPSA) is 228 Å². The zero-order valence-electron chi connectivity index (χ0n) is 17.1. The van der Waals surface area contributed by atoms with Crippen molar-refractivity contribution in [3.05, 3.63) is 0 Å². The van der Waals surface area contributed by atoms with Crippen molar-refractivity contribution in [2.75, 3.05) is 19.8 Å². The highest BCUT2D eigenvalue weighted by molar-refractivity contribution is 4.90. The van der Waals surface area contributed by atoms with Crippen LogP contribution in [0.2, 0.25) is 0 Å². The first-order valence-electron chi connectivity index (χ1n) is 10.4. The lowest BCUT2D eigenvalue weighted by Crippen LogP contribution is -2.60. The van der Waals surface area contributed by atoms with Gasteiger partial charge in [0.15, 0.2) is 18.9 Å². The Morgan fingerprint density at radius 2 is 1.38 bits per heavy atom. The summed E-state index contributed by atoms with van der Waals surface area (Å²) < 4.78 is 26.8. The second kappa shape index (κ2) is 11.2. The lowest BCUT2D eigenvalue weighted by atomic mass is 9.99. The first-order chi connectivity index (χ1) is 15.2. The molecule has 3 aliphatic heterocycles. The highest BCUT2D eigenvalue weighted by Crippen LogP contribution is 2.29. The van der Waals surface area contributed by atoms with E-state index in [-0.39, 0.29) is 19.4 Å². The Balaban J connectivity index is 1.58. The summed E-state index contributed by atoms with van der Waals surface area (Å²) in [5.74, 6) is 0. The molecule has 3 rings (SSSR count). The Kier molecular flexibility index (Phi) is 9.15. The average molecular weight is 472 g/mol. The maximum Gasteiger partial charge on any atom is 0.186 e. The van der Waals surface area contributed by atoms with Gasteiger partial charge in [0.2, 0.25) is 0 Å². The fraction of sp³-hybridized carbons (Fsp3) is 1.00. The monoisotopic (exact) mass is 472 g/mol. The van der Waals surface area contributed by atoms with Crippen molar-refractivity contribution in [3.8, 4) is 0 Å². The maximum absolute atomic E-state index is 10.2. The minimum absolute atomic E-state index is 0.00789. The number of rotatable bonds is 7. The Morgan fingerprint density at radius 3 is 2.03 bits per heavy atom. The number of aliphatic hydroxyl groups excluding tert-OH is 9. The predicted molar refractivity (Wildman–Crippen MR) is 98.5 cm³/mol. The standard InChI is InChI=1S/C18H32O14/c19-3-6-1-8(21)11(22)18(30-6)31-9-2-7(29-16(27)13(9)24)5-28-17-15(26)14(25)12(23)10(4-20)32-17/h6-27H,1-5H2/t6-,7-,8-,9-,10+,11-,12+,13-,14-,15-,16-,17-,18+/m0/s1. The minimum atomic E-state index is -1.70. The molecule has 9 N–H and O–H groups in total. The van der Waals surface area contributed by atoms with Crippen LogP contribution in [0.25, 0.3) is 0 Å². The van der Waals surface area contributed by atoms with Crippen LogP contribution in [-0.2, 0) is 23.7 Å². The largest absolute Gasteiger partial charge is 0.394 e. The summed E-state index contributed by atoms with van der Waals surface area (Å²) in [6.07, 6.45) is -17.5. The summed E-state index contributed by atoms with van der Waals surface area (Å²) in [7, 11) is 0. The minimum Gasteiger partial charge on any atom is -0.394 e. The van der Waals surface area contributed by atoms with Crippen LogP contribution in [-0.4, -0.2) is 146 Å². The summed E-state index contributed by atoms with van der Waals surface area (Å²) in [5, 5.41) is 88.4. The van der Waals surface area contributed by atoms with Gasteiger partial charge in [-0.15, -0.1) is 0 Å². The first kappa shape index (κ1) is 26.1. The van der Waals surface area contributed by atoms with E-state index in [4.69, 9.17) is 23.7 Å². The molecule has 0 unspecified atom stereocenters. The molecular weight excluding hydrogens is 440 g/mol. The summed E-state index contributed by atoms with van der Waals surface area (Å²) >= 11 is 0. The molecule has 0 aromatic rings. The van der Waals surface area contributed by atoms with E-state index in [1.165, 1.54) is 0 Å². The fourth-order valence-electron chi connectivity index (χ4n) is 3.88. The van der Waals surface area contributed by atoms with Crippen molar-refractivity contribution in [3.63, 3.8) is 0 Å². The van der Waals surface area contributed by atoms with E-state index in [9.17, 15) is 46.0 Å². The Labute approximate surface area is 183 Å². The second-order valence-corrected chi connectivity index (χ2v) is 8.18. The van der Waals surface area contributed by atoms with Crippen molar-refractivity contribution < 1.29 is 69.6 Å². The molecule has 3 heterocycles. The molecule has 3 fully saturated rings. The molecule has 14 heteroatoms. The molecule has 0 aromatic carbocycles. The lowest BCUT2D eigenvalue weighted by Gasteiger charge is -2.43. The smallest absolute Gasteiger partial charge is 0.186 e. The number of aliphatic hydroxyl groups is 9. The molecule has 3 saturated heterocycles. The van der Waals surface area contributed by atoms with E-state index in [1.807, 2.05) is 0 Å². The van der Waals surface area contributed by atoms with Crippen LogP contribution in [0.5, 0.6) is 0 Å². The molecule has 0 spiro atoms. The van der Waals surface area contributed by atoms with Crippen molar-refractivity contribution in [1.29, 1.82) is 0 Å². The summed E-state index contributed by atoms with van der Waals surface area (Å²) in [4.78, 5) is 0. The highest BCUT2D eigenvalue weighted by Gasteiger charge is 2.46. The van der Waals surface area contributed by atoms with E-state index < -0.39 is 93.1 Å². The fourth-order valence-corrected chi connectivity index (χ4v) is 3.88. The van der Waals surface area contributed by atoms with Gasteiger partial charge in [-0.3, -0.25) is 0 Å². The van der Waals surface area contributed by atoms with Crippen LogP contribution in [0.1, 0.15) is 12.8 Å². The van der Waals surface area contributed by atoms with Gasteiger partial charge in [-0.1, -0.05) is 0 Å². The van der Waals surface area contributed by atoms with E-state index in [1.54, 1.807) is 0 Å². The SMILES string of the molecule is OC[C@@H]1C[C@H](O)[C@H](O)[C@@H](O[C@H]2C[C@@H](CO[C@H]3O[C@H](CO)[C@@H](O)[C@H](O)[C@@H]3O)O[C@H](O)[C@H]2O)O1. The van der Waals surface area contributed by atoms with E-state index in [0.717, 1.165) is 0 Å². The van der Waals surface area contributed by atoms with Crippen LogP contribution in [0.3, 0.4) is 0 Å². The molecule has 0 amide bonds. The molecule has 0 saturated carbocycles.